The molecule has 0 spiro atoms. The van der Waals surface area contributed by atoms with Gasteiger partial charge < -0.3 is 15.2 Å². The largest absolute Gasteiger partial charge is 0.361 e. The Morgan fingerprint density at radius 1 is 1.41 bits per heavy atom. The molecule has 1 aromatic heterocycles. The highest BCUT2D eigenvalue weighted by molar-refractivity contribution is 5.20. The molecule has 96 valence electrons. The van der Waals surface area contributed by atoms with Crippen LogP contribution in [0.3, 0.4) is 0 Å². The van der Waals surface area contributed by atoms with Crippen LogP contribution in [0.4, 0.5) is 0 Å². The van der Waals surface area contributed by atoms with Crippen LogP contribution in [0.2, 0.25) is 0 Å². The van der Waals surface area contributed by atoms with Crippen LogP contribution in [0.25, 0.3) is 0 Å². The van der Waals surface area contributed by atoms with Crippen LogP contribution >= 0.6 is 0 Å². The highest BCUT2D eigenvalue weighted by Gasteiger charge is 2.25. The van der Waals surface area contributed by atoms with E-state index >= 15 is 0 Å². The molecule has 0 aromatic carbocycles. The molecule has 0 saturated carbocycles. The summed E-state index contributed by atoms with van der Waals surface area (Å²) in [6.07, 6.45) is 0. The molecule has 2 rings (SSSR count). The van der Waals surface area contributed by atoms with E-state index in [-0.39, 0.29) is 0 Å². The van der Waals surface area contributed by atoms with Crippen molar-refractivity contribution in [3.63, 3.8) is 0 Å². The monoisotopic (exact) mass is 238 g/mol. The topological polar surface area (TPSA) is 58.5 Å². The van der Waals surface area contributed by atoms with E-state index < -0.39 is 0 Å². The summed E-state index contributed by atoms with van der Waals surface area (Å²) in [5.74, 6) is 0.928. The van der Waals surface area contributed by atoms with Gasteiger partial charge in [-0.25, -0.2) is 0 Å². The average molecular weight is 238 g/mol. The quantitative estimate of drug-likeness (QED) is 0.824. The fourth-order valence-electron chi connectivity index (χ4n) is 2.41. The lowest BCUT2D eigenvalue weighted by Crippen LogP contribution is -2.54. The van der Waals surface area contributed by atoms with Gasteiger partial charge in [0, 0.05) is 44.3 Å². The number of likely N-dealkylation sites (N-methyl/N-ethyl adjacent to an activating group) is 1. The Balaban J connectivity index is 2.07. The molecule has 17 heavy (non-hydrogen) atoms. The zero-order valence-electron chi connectivity index (χ0n) is 10.9. The zero-order valence-corrected chi connectivity index (χ0v) is 10.9. The van der Waals surface area contributed by atoms with Crippen LogP contribution in [-0.2, 0) is 6.54 Å². The maximum absolute atomic E-state index is 5.85. The molecule has 1 fully saturated rings. The third-order valence-electron chi connectivity index (χ3n) is 3.62. The van der Waals surface area contributed by atoms with Crippen molar-refractivity contribution in [2.45, 2.75) is 26.4 Å². The minimum Gasteiger partial charge on any atom is -0.361 e. The molecule has 1 saturated heterocycles. The van der Waals surface area contributed by atoms with Gasteiger partial charge in [-0.1, -0.05) is 5.16 Å². The molecular weight excluding hydrogens is 216 g/mol. The van der Waals surface area contributed by atoms with Gasteiger partial charge in [0.1, 0.15) is 5.76 Å². The number of aryl methyl sites for hydroxylation is 2. The molecule has 0 bridgehead atoms. The number of hydrogen-bond donors (Lipinski definition) is 1. The smallest absolute Gasteiger partial charge is 0.138 e. The van der Waals surface area contributed by atoms with Crippen molar-refractivity contribution >= 4 is 0 Å². The van der Waals surface area contributed by atoms with Crippen molar-refractivity contribution < 1.29 is 4.52 Å². The number of nitrogens with zero attached hydrogens (tertiary/aromatic N) is 3. The Labute approximate surface area is 103 Å². The van der Waals surface area contributed by atoms with Crippen molar-refractivity contribution in [3.05, 3.63) is 17.0 Å². The van der Waals surface area contributed by atoms with Crippen LogP contribution in [0.15, 0.2) is 4.52 Å². The predicted molar refractivity (Wildman–Crippen MR) is 66.7 cm³/mol. The Hall–Kier alpha value is -0.910. The molecule has 5 heteroatoms. The summed E-state index contributed by atoms with van der Waals surface area (Å²) in [6, 6.07) is 0.433. The van der Waals surface area contributed by atoms with Crippen molar-refractivity contribution in [2.75, 3.05) is 33.2 Å². The number of rotatable bonds is 3. The van der Waals surface area contributed by atoms with Gasteiger partial charge in [-0.05, 0) is 20.9 Å². The average Bonchev–Trinajstić information content (AvgIpc) is 2.62. The number of piperazine rings is 1. The summed E-state index contributed by atoms with van der Waals surface area (Å²) < 4.78 is 5.21. The lowest BCUT2D eigenvalue weighted by atomic mass is 10.1. The molecule has 1 aliphatic rings. The summed E-state index contributed by atoms with van der Waals surface area (Å²) in [6.45, 7) is 8.77. The molecule has 2 N–H and O–H groups in total. The van der Waals surface area contributed by atoms with E-state index in [0.29, 0.717) is 12.6 Å². The van der Waals surface area contributed by atoms with Gasteiger partial charge in [-0.3, -0.25) is 4.90 Å². The second-order valence-electron chi connectivity index (χ2n) is 4.92. The van der Waals surface area contributed by atoms with E-state index in [1.807, 2.05) is 13.8 Å². The summed E-state index contributed by atoms with van der Waals surface area (Å²) in [4.78, 5) is 4.77. The lowest BCUT2D eigenvalue weighted by Gasteiger charge is -2.39. The van der Waals surface area contributed by atoms with Gasteiger partial charge in [0.25, 0.3) is 0 Å². The number of aromatic nitrogens is 1. The van der Waals surface area contributed by atoms with Crippen molar-refractivity contribution in [3.8, 4) is 0 Å². The van der Waals surface area contributed by atoms with Crippen molar-refractivity contribution in [2.24, 2.45) is 5.73 Å². The van der Waals surface area contributed by atoms with Crippen molar-refractivity contribution in [1.82, 2.24) is 15.0 Å². The van der Waals surface area contributed by atoms with Gasteiger partial charge in [0.15, 0.2) is 0 Å². The first-order valence-electron chi connectivity index (χ1n) is 6.16. The molecule has 1 aromatic rings. The second-order valence-corrected chi connectivity index (χ2v) is 4.92. The van der Waals surface area contributed by atoms with Gasteiger partial charge >= 0.3 is 0 Å². The fourth-order valence-corrected chi connectivity index (χ4v) is 2.41. The van der Waals surface area contributed by atoms with Crippen LogP contribution < -0.4 is 5.73 Å². The zero-order chi connectivity index (χ0) is 12.4. The van der Waals surface area contributed by atoms with E-state index in [9.17, 15) is 0 Å². The second kappa shape index (κ2) is 5.16. The van der Waals surface area contributed by atoms with Gasteiger partial charge in [0.2, 0.25) is 0 Å². The third kappa shape index (κ3) is 2.68. The fraction of sp³-hybridized carbons (Fsp3) is 0.750. The van der Waals surface area contributed by atoms with Crippen LogP contribution in [0, 0.1) is 13.8 Å². The standard InChI is InChI=1S/C12H22N4O/c1-9-12(10(2)17-14-9)8-16-5-4-15(3)7-11(16)6-13/h11H,4-8,13H2,1-3H3. The van der Waals surface area contributed by atoms with Crippen molar-refractivity contribution in [1.29, 1.82) is 0 Å². The van der Waals surface area contributed by atoms with E-state index in [4.69, 9.17) is 10.3 Å². The summed E-state index contributed by atoms with van der Waals surface area (Å²) in [5, 5.41) is 4.00. The normalized spacial score (nSPS) is 23.2. The SMILES string of the molecule is Cc1noc(C)c1CN1CCN(C)CC1CN. The number of hydrogen-bond acceptors (Lipinski definition) is 5. The minimum absolute atomic E-state index is 0.433. The van der Waals surface area contributed by atoms with Gasteiger partial charge in [-0.15, -0.1) is 0 Å². The molecule has 0 aliphatic carbocycles. The highest BCUT2D eigenvalue weighted by Crippen LogP contribution is 2.18. The first kappa shape index (κ1) is 12.5. The Morgan fingerprint density at radius 3 is 2.76 bits per heavy atom. The molecule has 1 aliphatic heterocycles. The summed E-state index contributed by atoms with van der Waals surface area (Å²) >= 11 is 0. The molecule has 5 nitrogen and oxygen atoms in total. The Kier molecular flexibility index (Phi) is 3.81. The molecule has 1 unspecified atom stereocenters. The minimum atomic E-state index is 0.433. The van der Waals surface area contributed by atoms with E-state index in [0.717, 1.165) is 37.6 Å². The lowest BCUT2D eigenvalue weighted by molar-refractivity contribution is 0.0875. The van der Waals surface area contributed by atoms with E-state index in [1.165, 1.54) is 5.56 Å². The molecule has 0 radical (unpaired) electrons. The maximum Gasteiger partial charge on any atom is 0.138 e. The van der Waals surface area contributed by atoms with Gasteiger partial charge in [-0.2, -0.15) is 0 Å². The molecule has 0 amide bonds. The molecule has 2 heterocycles. The first-order chi connectivity index (χ1) is 8.11. The Bertz CT molecular complexity index is 357. The first-order valence-corrected chi connectivity index (χ1v) is 6.16. The summed E-state index contributed by atoms with van der Waals surface area (Å²) in [7, 11) is 2.15. The Morgan fingerprint density at radius 2 is 2.18 bits per heavy atom. The van der Waals surface area contributed by atoms with Gasteiger partial charge in [0.05, 0.1) is 5.69 Å². The molecular formula is C12H22N4O. The van der Waals surface area contributed by atoms with Crippen LogP contribution in [0.5, 0.6) is 0 Å². The van der Waals surface area contributed by atoms with Crippen LogP contribution in [-0.4, -0.2) is 54.2 Å². The molecule has 1 atom stereocenters. The predicted octanol–water partition coefficient (Wildman–Crippen LogP) is 0.366. The number of nitrogens with two attached hydrogens (primary N) is 1. The highest BCUT2D eigenvalue weighted by atomic mass is 16.5. The maximum atomic E-state index is 5.85. The van der Waals surface area contributed by atoms with E-state index in [1.54, 1.807) is 0 Å². The van der Waals surface area contributed by atoms with E-state index in [2.05, 4.69) is 22.0 Å². The summed E-state index contributed by atoms with van der Waals surface area (Å²) in [5.41, 5.74) is 8.07. The third-order valence-corrected chi connectivity index (χ3v) is 3.62. The van der Waals surface area contributed by atoms with Crippen LogP contribution in [0.1, 0.15) is 17.0 Å².